The third-order valence-corrected chi connectivity index (χ3v) is 6.27. The monoisotopic (exact) mass is 395 g/mol. The summed E-state index contributed by atoms with van der Waals surface area (Å²) in [6.45, 7) is 2.28. The van der Waals surface area contributed by atoms with Crippen molar-refractivity contribution in [2.24, 2.45) is 5.41 Å². The Hall–Kier alpha value is -2.76. The van der Waals surface area contributed by atoms with E-state index in [0.717, 1.165) is 25.0 Å². The van der Waals surface area contributed by atoms with E-state index in [9.17, 15) is 14.0 Å². The van der Waals surface area contributed by atoms with Crippen LogP contribution in [0.1, 0.15) is 43.1 Å². The van der Waals surface area contributed by atoms with Crippen molar-refractivity contribution in [2.75, 3.05) is 19.6 Å². The van der Waals surface area contributed by atoms with Gasteiger partial charge in [-0.15, -0.1) is 0 Å². The van der Waals surface area contributed by atoms with Crippen LogP contribution >= 0.6 is 0 Å². The number of carbonyl (C=O) groups is 2. The van der Waals surface area contributed by atoms with E-state index in [0.29, 0.717) is 38.2 Å². The minimum atomic E-state index is -1.61. The van der Waals surface area contributed by atoms with Gasteiger partial charge in [0.15, 0.2) is 0 Å². The molecule has 0 saturated carbocycles. The summed E-state index contributed by atoms with van der Waals surface area (Å²) in [5.41, 5.74) is 1.30. The van der Waals surface area contributed by atoms with E-state index in [1.54, 1.807) is 35.4 Å². The number of rotatable bonds is 4. The number of benzene rings is 1. The molecule has 0 radical (unpaired) electrons. The zero-order valence-electron chi connectivity index (χ0n) is 16.5. The third kappa shape index (κ3) is 4.31. The molecule has 0 unspecified atom stereocenters. The summed E-state index contributed by atoms with van der Waals surface area (Å²) in [5, 5.41) is 0. The van der Waals surface area contributed by atoms with Gasteiger partial charge in [-0.2, -0.15) is 0 Å². The normalized spacial score (nSPS) is 20.0. The van der Waals surface area contributed by atoms with Crippen LogP contribution in [-0.4, -0.2) is 46.2 Å². The maximum atomic E-state index is 14.7. The Bertz CT molecular complexity index is 851. The minimum Gasteiger partial charge on any atom is -0.340 e. The molecule has 2 amide bonds. The Labute approximate surface area is 170 Å². The smallest absolute Gasteiger partial charge is 0.261 e. The van der Waals surface area contributed by atoms with E-state index in [2.05, 4.69) is 4.98 Å². The molecule has 0 N–H and O–H groups in total. The number of nitrogens with zero attached hydrogens (tertiary/aromatic N) is 3. The van der Waals surface area contributed by atoms with Crippen LogP contribution in [-0.2, 0) is 16.1 Å². The van der Waals surface area contributed by atoms with Crippen molar-refractivity contribution in [3.8, 4) is 0 Å². The predicted octanol–water partition coefficient (Wildman–Crippen LogP) is 3.52. The molecule has 2 aliphatic heterocycles. The molecule has 5 nitrogen and oxygen atoms in total. The maximum absolute atomic E-state index is 14.7. The quantitative estimate of drug-likeness (QED) is 0.796. The second-order valence-corrected chi connectivity index (χ2v) is 8.17. The Kier molecular flexibility index (Phi) is 5.60. The highest BCUT2D eigenvalue weighted by Crippen LogP contribution is 2.41. The number of amides is 2. The topological polar surface area (TPSA) is 53.5 Å². The van der Waals surface area contributed by atoms with Crippen LogP contribution in [0.4, 0.5) is 4.39 Å². The number of piperidine rings is 2. The van der Waals surface area contributed by atoms with Crippen LogP contribution < -0.4 is 0 Å². The number of carbonyl (C=O) groups excluding carboxylic acids is 2. The highest BCUT2D eigenvalue weighted by Gasteiger charge is 2.42. The fourth-order valence-corrected chi connectivity index (χ4v) is 4.47. The summed E-state index contributed by atoms with van der Waals surface area (Å²) in [5.74, 6) is -0.295. The van der Waals surface area contributed by atoms with Crippen LogP contribution in [0.2, 0.25) is 0 Å². The lowest BCUT2D eigenvalue weighted by atomic mass is 9.72. The molecular weight excluding hydrogens is 369 g/mol. The molecule has 2 fully saturated rings. The lowest BCUT2D eigenvalue weighted by Crippen LogP contribution is -2.52. The Morgan fingerprint density at radius 1 is 1.07 bits per heavy atom. The number of hydrogen-bond acceptors (Lipinski definition) is 3. The average molecular weight is 395 g/mol. The molecule has 2 aliphatic rings. The van der Waals surface area contributed by atoms with E-state index in [1.807, 2.05) is 29.2 Å². The molecule has 29 heavy (non-hydrogen) atoms. The summed E-state index contributed by atoms with van der Waals surface area (Å²) in [6, 6.07) is 14.3. The molecule has 2 saturated heterocycles. The molecule has 1 atom stereocenters. The lowest BCUT2D eigenvalue weighted by molar-refractivity contribution is -0.145. The number of likely N-dealkylation sites (tertiary alicyclic amines) is 2. The molecule has 1 aromatic heterocycles. The fraction of sp³-hybridized carbons (Fsp3) is 0.435. The van der Waals surface area contributed by atoms with Gasteiger partial charge >= 0.3 is 0 Å². The van der Waals surface area contributed by atoms with Gasteiger partial charge in [-0.05, 0) is 42.4 Å². The van der Waals surface area contributed by atoms with Gasteiger partial charge in [0.25, 0.3) is 5.91 Å². The van der Waals surface area contributed by atoms with E-state index < -0.39 is 12.1 Å². The average Bonchev–Trinajstić information content (AvgIpc) is 2.77. The zero-order valence-corrected chi connectivity index (χ0v) is 16.5. The first-order valence-electron chi connectivity index (χ1n) is 10.2. The summed E-state index contributed by atoms with van der Waals surface area (Å²) >= 11 is 0. The molecule has 0 bridgehead atoms. The van der Waals surface area contributed by atoms with Gasteiger partial charge in [0, 0.05) is 32.3 Å². The van der Waals surface area contributed by atoms with Gasteiger partial charge in [0.1, 0.15) is 0 Å². The van der Waals surface area contributed by atoms with Crippen LogP contribution in [0.15, 0.2) is 54.7 Å². The Morgan fingerprint density at radius 3 is 2.48 bits per heavy atom. The number of aromatic nitrogens is 1. The second-order valence-electron chi connectivity index (χ2n) is 8.17. The van der Waals surface area contributed by atoms with Crippen LogP contribution in [0.5, 0.6) is 0 Å². The standard InChI is InChI=1S/C23H26FN3O2/c24-21(18-6-2-1-3-7-18)22(29)26-14-11-23(12-15-26)10-9-20(28)27(17-23)16-19-8-4-5-13-25-19/h1-8,13,21H,9-12,14-17H2/t21-/m1/s1. The van der Waals surface area contributed by atoms with Crippen LogP contribution in [0.25, 0.3) is 0 Å². The zero-order chi connectivity index (χ0) is 20.3. The number of pyridine rings is 1. The van der Waals surface area contributed by atoms with Gasteiger partial charge in [-0.25, -0.2) is 4.39 Å². The highest BCUT2D eigenvalue weighted by atomic mass is 19.1. The van der Waals surface area contributed by atoms with Gasteiger partial charge in [0.2, 0.25) is 12.1 Å². The predicted molar refractivity (Wildman–Crippen MR) is 107 cm³/mol. The molecule has 3 heterocycles. The van der Waals surface area contributed by atoms with E-state index >= 15 is 0 Å². The molecule has 2 aromatic rings. The number of halogens is 1. The molecule has 1 spiro atoms. The fourth-order valence-electron chi connectivity index (χ4n) is 4.47. The first kappa shape index (κ1) is 19.6. The Morgan fingerprint density at radius 2 is 1.79 bits per heavy atom. The molecular formula is C23H26FN3O2. The minimum absolute atomic E-state index is 0.0119. The van der Waals surface area contributed by atoms with Gasteiger partial charge in [-0.3, -0.25) is 14.6 Å². The van der Waals surface area contributed by atoms with Crippen molar-refractivity contribution < 1.29 is 14.0 Å². The van der Waals surface area contributed by atoms with Crippen molar-refractivity contribution in [2.45, 2.75) is 38.4 Å². The van der Waals surface area contributed by atoms with Gasteiger partial charge < -0.3 is 9.80 Å². The Balaban J connectivity index is 1.37. The second kappa shape index (κ2) is 8.31. The highest BCUT2D eigenvalue weighted by molar-refractivity contribution is 5.82. The van der Waals surface area contributed by atoms with E-state index in [-0.39, 0.29) is 11.3 Å². The first-order valence-corrected chi connectivity index (χ1v) is 10.2. The summed E-state index contributed by atoms with van der Waals surface area (Å²) in [7, 11) is 0. The SMILES string of the molecule is O=C1CCC2(CCN(C(=O)[C@H](F)c3ccccc3)CC2)CN1Cc1ccccn1. The van der Waals surface area contributed by atoms with Gasteiger partial charge in [-0.1, -0.05) is 36.4 Å². The van der Waals surface area contributed by atoms with E-state index in [4.69, 9.17) is 0 Å². The van der Waals surface area contributed by atoms with Crippen molar-refractivity contribution >= 4 is 11.8 Å². The summed E-state index contributed by atoms with van der Waals surface area (Å²) < 4.78 is 14.7. The third-order valence-electron chi connectivity index (χ3n) is 6.27. The van der Waals surface area contributed by atoms with Crippen molar-refractivity contribution in [3.63, 3.8) is 0 Å². The molecule has 0 aliphatic carbocycles. The first-order chi connectivity index (χ1) is 14.1. The lowest BCUT2D eigenvalue weighted by Gasteiger charge is -2.47. The number of hydrogen-bond donors (Lipinski definition) is 0. The largest absolute Gasteiger partial charge is 0.340 e. The van der Waals surface area contributed by atoms with Crippen molar-refractivity contribution in [1.82, 2.24) is 14.8 Å². The van der Waals surface area contributed by atoms with Crippen LogP contribution in [0.3, 0.4) is 0 Å². The van der Waals surface area contributed by atoms with Crippen LogP contribution in [0, 0.1) is 5.41 Å². The van der Waals surface area contributed by atoms with E-state index in [1.165, 1.54) is 0 Å². The summed E-state index contributed by atoms with van der Waals surface area (Å²) in [4.78, 5) is 32.9. The van der Waals surface area contributed by atoms with Gasteiger partial charge in [0.05, 0.1) is 12.2 Å². The molecule has 6 heteroatoms. The van der Waals surface area contributed by atoms with Crippen molar-refractivity contribution in [1.29, 1.82) is 0 Å². The summed E-state index contributed by atoms with van der Waals surface area (Å²) in [6.07, 6.45) is 3.09. The molecule has 1 aromatic carbocycles. The molecule has 152 valence electrons. The maximum Gasteiger partial charge on any atom is 0.261 e. The number of alkyl halides is 1. The van der Waals surface area contributed by atoms with Crippen molar-refractivity contribution in [3.05, 3.63) is 66.0 Å². The molecule has 4 rings (SSSR count).